The number of hydrogen-bond acceptors (Lipinski definition) is 2. The van der Waals surface area contributed by atoms with E-state index >= 15 is 0 Å². The van der Waals surface area contributed by atoms with Crippen molar-refractivity contribution in [2.75, 3.05) is 6.54 Å². The Balaban J connectivity index is 2.14. The number of aromatic nitrogens is 2. The Bertz CT molecular complexity index is 398. The molecule has 0 unspecified atom stereocenters. The van der Waals surface area contributed by atoms with Gasteiger partial charge in [-0.25, -0.2) is 4.98 Å². The minimum Gasteiger partial charge on any atom is -0.391 e. The van der Waals surface area contributed by atoms with Gasteiger partial charge in [0.05, 0.1) is 11.0 Å². The molecule has 2 rings (SSSR count). The normalized spacial score (nSPS) is 10.3. The van der Waals surface area contributed by atoms with Gasteiger partial charge < -0.3 is 10.3 Å². The van der Waals surface area contributed by atoms with E-state index < -0.39 is 0 Å². The number of imidazole rings is 1. The lowest BCUT2D eigenvalue weighted by atomic mass is 10.3. The molecule has 0 saturated heterocycles. The molecule has 3 heteroatoms. The Morgan fingerprint density at radius 3 is 3.07 bits per heavy atom. The first-order valence-corrected chi connectivity index (χ1v) is 4.68. The number of para-hydroxylation sites is 2. The summed E-state index contributed by atoms with van der Waals surface area (Å²) < 4.78 is 0. The van der Waals surface area contributed by atoms with Gasteiger partial charge in [0.25, 0.3) is 0 Å². The fourth-order valence-corrected chi connectivity index (χ4v) is 1.42. The number of nitrogens with zero attached hydrogens (tertiary/aromatic N) is 1. The maximum absolute atomic E-state index is 4.45. The van der Waals surface area contributed by atoms with Crippen LogP contribution in [0, 0.1) is 0 Å². The molecule has 0 aliphatic heterocycles. The lowest BCUT2D eigenvalue weighted by Gasteiger charge is -1.95. The van der Waals surface area contributed by atoms with E-state index in [0.29, 0.717) is 0 Å². The van der Waals surface area contributed by atoms with E-state index in [1.165, 1.54) is 0 Å². The van der Waals surface area contributed by atoms with Gasteiger partial charge in [0.1, 0.15) is 5.82 Å². The van der Waals surface area contributed by atoms with Crippen molar-refractivity contribution in [2.45, 2.75) is 6.42 Å². The Labute approximate surface area is 82.9 Å². The van der Waals surface area contributed by atoms with Crippen molar-refractivity contribution in [3.63, 3.8) is 0 Å². The highest BCUT2D eigenvalue weighted by Crippen LogP contribution is 2.09. The molecule has 1 aromatic heterocycles. The summed E-state index contributed by atoms with van der Waals surface area (Å²) >= 11 is 0. The summed E-state index contributed by atoms with van der Waals surface area (Å²) in [7, 11) is 0. The van der Waals surface area contributed by atoms with Crippen LogP contribution in [0.5, 0.6) is 0 Å². The average molecular weight is 187 g/mol. The summed E-state index contributed by atoms with van der Waals surface area (Å²) in [5.41, 5.74) is 2.13. The third kappa shape index (κ3) is 1.76. The molecule has 1 heterocycles. The summed E-state index contributed by atoms with van der Waals surface area (Å²) in [6, 6.07) is 8.05. The Morgan fingerprint density at radius 2 is 2.29 bits per heavy atom. The number of benzene rings is 1. The van der Waals surface area contributed by atoms with Gasteiger partial charge in [0, 0.05) is 13.0 Å². The highest BCUT2D eigenvalue weighted by molar-refractivity contribution is 5.74. The molecule has 1 aromatic carbocycles. The number of H-pyrrole nitrogens is 1. The van der Waals surface area contributed by atoms with Gasteiger partial charge in [0.2, 0.25) is 0 Å². The summed E-state index contributed by atoms with van der Waals surface area (Å²) in [4.78, 5) is 7.72. The van der Waals surface area contributed by atoms with E-state index in [1.807, 2.05) is 24.3 Å². The lowest BCUT2D eigenvalue weighted by molar-refractivity contribution is 0.801. The van der Waals surface area contributed by atoms with Crippen LogP contribution in [0.15, 0.2) is 37.0 Å². The summed E-state index contributed by atoms with van der Waals surface area (Å²) in [5, 5.41) is 3.04. The molecule has 14 heavy (non-hydrogen) atoms. The molecule has 0 spiro atoms. The van der Waals surface area contributed by atoms with Crippen molar-refractivity contribution in [1.82, 2.24) is 15.3 Å². The van der Waals surface area contributed by atoms with Crippen LogP contribution >= 0.6 is 0 Å². The molecule has 0 aliphatic rings. The van der Waals surface area contributed by atoms with E-state index in [-0.39, 0.29) is 0 Å². The van der Waals surface area contributed by atoms with Gasteiger partial charge in [0.15, 0.2) is 0 Å². The maximum atomic E-state index is 4.45. The van der Waals surface area contributed by atoms with Gasteiger partial charge in [-0.15, -0.1) is 0 Å². The molecule has 3 nitrogen and oxygen atoms in total. The number of hydrogen-bond donors (Lipinski definition) is 2. The Morgan fingerprint density at radius 1 is 1.43 bits per heavy atom. The van der Waals surface area contributed by atoms with E-state index in [2.05, 4.69) is 21.9 Å². The zero-order valence-electron chi connectivity index (χ0n) is 7.96. The van der Waals surface area contributed by atoms with Crippen molar-refractivity contribution in [3.05, 3.63) is 42.9 Å². The molecule has 0 atom stereocenters. The van der Waals surface area contributed by atoms with Crippen molar-refractivity contribution in [1.29, 1.82) is 0 Å². The molecule has 0 fully saturated rings. The monoisotopic (exact) mass is 187 g/mol. The number of fused-ring (bicyclic) bond motifs is 1. The van der Waals surface area contributed by atoms with Gasteiger partial charge in [-0.2, -0.15) is 0 Å². The summed E-state index contributed by atoms with van der Waals surface area (Å²) in [5.74, 6) is 1.01. The van der Waals surface area contributed by atoms with E-state index in [4.69, 9.17) is 0 Å². The smallest absolute Gasteiger partial charge is 0.108 e. The van der Waals surface area contributed by atoms with Crippen LogP contribution in [0.1, 0.15) is 5.82 Å². The van der Waals surface area contributed by atoms with Crippen LogP contribution in [0.4, 0.5) is 0 Å². The zero-order chi connectivity index (χ0) is 9.80. The van der Waals surface area contributed by atoms with Gasteiger partial charge in [-0.3, -0.25) is 0 Å². The van der Waals surface area contributed by atoms with Crippen molar-refractivity contribution in [2.24, 2.45) is 0 Å². The van der Waals surface area contributed by atoms with Gasteiger partial charge in [-0.1, -0.05) is 18.7 Å². The minimum absolute atomic E-state index is 0.864. The molecular formula is C11H13N3. The third-order valence-corrected chi connectivity index (χ3v) is 2.09. The molecular weight excluding hydrogens is 174 g/mol. The first-order chi connectivity index (χ1) is 6.90. The highest BCUT2D eigenvalue weighted by Gasteiger charge is 1.99. The molecule has 0 saturated carbocycles. The Kier molecular flexibility index (Phi) is 2.49. The highest BCUT2D eigenvalue weighted by atomic mass is 14.9. The predicted molar refractivity (Wildman–Crippen MR) is 58.0 cm³/mol. The fourth-order valence-electron chi connectivity index (χ4n) is 1.42. The van der Waals surface area contributed by atoms with Crippen molar-refractivity contribution >= 4 is 11.0 Å². The SMILES string of the molecule is C=CNCCc1nc2ccccc2[nH]1. The van der Waals surface area contributed by atoms with E-state index in [0.717, 1.165) is 29.8 Å². The molecule has 0 amide bonds. The topological polar surface area (TPSA) is 40.7 Å². The first kappa shape index (κ1) is 8.81. The molecule has 0 aliphatic carbocycles. The zero-order valence-corrected chi connectivity index (χ0v) is 7.96. The molecule has 0 bridgehead atoms. The third-order valence-electron chi connectivity index (χ3n) is 2.09. The quantitative estimate of drug-likeness (QED) is 0.717. The average Bonchev–Trinajstić information content (AvgIpc) is 2.60. The van der Waals surface area contributed by atoms with Crippen LogP contribution in [0.3, 0.4) is 0 Å². The largest absolute Gasteiger partial charge is 0.391 e. The second-order valence-electron chi connectivity index (χ2n) is 3.11. The molecule has 0 radical (unpaired) electrons. The molecule has 2 N–H and O–H groups in total. The summed E-state index contributed by atoms with van der Waals surface area (Å²) in [6.07, 6.45) is 2.59. The second-order valence-corrected chi connectivity index (χ2v) is 3.11. The van der Waals surface area contributed by atoms with Gasteiger partial charge >= 0.3 is 0 Å². The van der Waals surface area contributed by atoms with E-state index in [1.54, 1.807) is 6.20 Å². The summed E-state index contributed by atoms with van der Waals surface area (Å²) in [6.45, 7) is 4.46. The van der Waals surface area contributed by atoms with Crippen molar-refractivity contribution in [3.8, 4) is 0 Å². The lowest BCUT2D eigenvalue weighted by Crippen LogP contribution is -2.09. The van der Waals surface area contributed by atoms with Crippen molar-refractivity contribution < 1.29 is 0 Å². The fraction of sp³-hybridized carbons (Fsp3) is 0.182. The minimum atomic E-state index is 0.864. The Hall–Kier alpha value is -1.77. The van der Waals surface area contributed by atoms with Crippen LogP contribution in [0.2, 0.25) is 0 Å². The van der Waals surface area contributed by atoms with Crippen LogP contribution in [-0.4, -0.2) is 16.5 Å². The first-order valence-electron chi connectivity index (χ1n) is 4.68. The van der Waals surface area contributed by atoms with E-state index in [9.17, 15) is 0 Å². The van der Waals surface area contributed by atoms with Crippen LogP contribution in [0.25, 0.3) is 11.0 Å². The number of aromatic amines is 1. The van der Waals surface area contributed by atoms with Crippen LogP contribution < -0.4 is 5.32 Å². The molecule has 2 aromatic rings. The second kappa shape index (κ2) is 3.96. The molecule has 72 valence electrons. The maximum Gasteiger partial charge on any atom is 0.108 e. The predicted octanol–water partition coefficient (Wildman–Crippen LogP) is 1.84. The number of nitrogens with one attached hydrogen (secondary N) is 2. The van der Waals surface area contributed by atoms with Crippen LogP contribution in [-0.2, 0) is 6.42 Å². The standard InChI is InChI=1S/C11H13N3/c1-2-12-8-7-11-13-9-5-3-4-6-10(9)14-11/h2-6,12H,1,7-8H2,(H,13,14). The number of rotatable bonds is 4. The van der Waals surface area contributed by atoms with Gasteiger partial charge in [-0.05, 0) is 18.3 Å².